The summed E-state index contributed by atoms with van der Waals surface area (Å²) in [5.41, 5.74) is -1.11. The zero-order valence-electron chi connectivity index (χ0n) is 13.1. The molecular weight excluding hydrogens is 369 g/mol. The highest BCUT2D eigenvalue weighted by Crippen LogP contribution is 2.36. The number of nitrogens with one attached hydrogen (secondary N) is 2. The molecule has 3 N–H and O–H groups in total. The molecule has 134 valence electrons. The minimum Gasteiger partial charge on any atom is -0.508 e. The SMILES string of the molecule is O=C(Nc1ccc(Cl)cc1C(F)(F)F)Nc1cccc2ccc(O)cc12. The molecule has 0 spiro atoms. The molecule has 0 saturated carbocycles. The molecule has 0 fully saturated rings. The average Bonchev–Trinajstić information content (AvgIpc) is 2.56. The number of fused-ring (bicyclic) bond motifs is 1. The molecule has 0 unspecified atom stereocenters. The van der Waals surface area contributed by atoms with Crippen LogP contribution in [0.5, 0.6) is 5.75 Å². The van der Waals surface area contributed by atoms with E-state index in [2.05, 4.69) is 10.6 Å². The average molecular weight is 381 g/mol. The van der Waals surface area contributed by atoms with Gasteiger partial charge in [-0.25, -0.2) is 4.79 Å². The Hall–Kier alpha value is -2.93. The summed E-state index contributed by atoms with van der Waals surface area (Å²) in [6, 6.07) is 11.9. The Labute approximate surface area is 151 Å². The summed E-state index contributed by atoms with van der Waals surface area (Å²) in [6.45, 7) is 0. The molecule has 0 heterocycles. The van der Waals surface area contributed by atoms with Gasteiger partial charge in [0, 0.05) is 10.4 Å². The first kappa shape index (κ1) is 17.9. The second-order valence-electron chi connectivity index (χ2n) is 5.48. The number of hydrogen-bond acceptors (Lipinski definition) is 2. The molecule has 0 radical (unpaired) electrons. The van der Waals surface area contributed by atoms with Crippen LogP contribution in [0.25, 0.3) is 10.8 Å². The van der Waals surface area contributed by atoms with E-state index in [0.29, 0.717) is 11.1 Å². The third kappa shape index (κ3) is 3.83. The smallest absolute Gasteiger partial charge is 0.418 e. The lowest BCUT2D eigenvalue weighted by Crippen LogP contribution is -2.22. The van der Waals surface area contributed by atoms with Gasteiger partial charge in [-0.1, -0.05) is 29.8 Å². The molecule has 26 heavy (non-hydrogen) atoms. The number of anilines is 2. The largest absolute Gasteiger partial charge is 0.508 e. The Balaban J connectivity index is 1.88. The molecule has 3 rings (SSSR count). The Morgan fingerprint density at radius 2 is 1.69 bits per heavy atom. The number of halogens is 4. The Morgan fingerprint density at radius 3 is 2.42 bits per heavy atom. The molecule has 8 heteroatoms. The summed E-state index contributed by atoms with van der Waals surface area (Å²) in [5, 5.41) is 15.5. The van der Waals surface area contributed by atoms with E-state index in [0.717, 1.165) is 17.5 Å². The third-order valence-corrected chi connectivity index (χ3v) is 3.88. The number of urea groups is 1. The van der Waals surface area contributed by atoms with Crippen LogP contribution in [-0.4, -0.2) is 11.1 Å². The van der Waals surface area contributed by atoms with Crippen molar-refractivity contribution in [1.82, 2.24) is 0 Å². The van der Waals surface area contributed by atoms with Crippen LogP contribution in [0.4, 0.5) is 29.3 Å². The van der Waals surface area contributed by atoms with Crippen LogP contribution in [0.2, 0.25) is 5.02 Å². The minimum absolute atomic E-state index is 0.00390. The zero-order valence-corrected chi connectivity index (χ0v) is 13.8. The van der Waals surface area contributed by atoms with Crippen LogP contribution >= 0.6 is 11.6 Å². The number of carbonyl (C=O) groups is 1. The molecular formula is C18H12ClF3N2O2. The Bertz CT molecular complexity index is 990. The van der Waals surface area contributed by atoms with E-state index in [1.807, 2.05) is 0 Å². The number of carbonyl (C=O) groups excluding carboxylic acids is 1. The second kappa shape index (κ2) is 6.76. The summed E-state index contributed by atoms with van der Waals surface area (Å²) < 4.78 is 39.3. The lowest BCUT2D eigenvalue weighted by Gasteiger charge is -2.15. The number of phenols is 1. The Kier molecular flexibility index (Phi) is 4.65. The normalized spacial score (nSPS) is 11.4. The van der Waals surface area contributed by atoms with Gasteiger partial charge < -0.3 is 15.7 Å². The van der Waals surface area contributed by atoms with Gasteiger partial charge in [-0.2, -0.15) is 13.2 Å². The fourth-order valence-electron chi connectivity index (χ4n) is 2.51. The molecule has 3 aromatic rings. The molecule has 0 atom stereocenters. The van der Waals surface area contributed by atoms with E-state index in [1.54, 1.807) is 24.3 Å². The standard InChI is InChI=1S/C18H12ClF3N2O2/c19-11-5-7-16(14(8-11)18(20,21)22)24-17(26)23-15-3-1-2-10-4-6-12(25)9-13(10)15/h1-9,25H,(H2,23,24,26). The fraction of sp³-hybridized carbons (Fsp3) is 0.0556. The van der Waals surface area contributed by atoms with E-state index in [9.17, 15) is 23.1 Å². The van der Waals surface area contributed by atoms with Crippen LogP contribution in [0.1, 0.15) is 5.56 Å². The fourth-order valence-corrected chi connectivity index (χ4v) is 2.68. The van der Waals surface area contributed by atoms with Crippen molar-refractivity contribution in [3.63, 3.8) is 0 Å². The van der Waals surface area contributed by atoms with Crippen molar-refractivity contribution >= 4 is 39.8 Å². The van der Waals surface area contributed by atoms with Crippen LogP contribution < -0.4 is 10.6 Å². The predicted molar refractivity (Wildman–Crippen MR) is 94.7 cm³/mol. The quantitative estimate of drug-likeness (QED) is 0.521. The minimum atomic E-state index is -4.67. The van der Waals surface area contributed by atoms with Crippen LogP contribution in [0, 0.1) is 0 Å². The highest BCUT2D eigenvalue weighted by Gasteiger charge is 2.34. The van der Waals surface area contributed by atoms with Gasteiger partial charge >= 0.3 is 12.2 Å². The Morgan fingerprint density at radius 1 is 0.962 bits per heavy atom. The van der Waals surface area contributed by atoms with Crippen LogP contribution in [0.3, 0.4) is 0 Å². The second-order valence-corrected chi connectivity index (χ2v) is 5.91. The topological polar surface area (TPSA) is 61.4 Å². The number of amides is 2. The van der Waals surface area contributed by atoms with Gasteiger partial charge in [-0.05, 0) is 41.8 Å². The maximum atomic E-state index is 13.1. The van der Waals surface area contributed by atoms with E-state index >= 15 is 0 Å². The van der Waals surface area contributed by atoms with Gasteiger partial charge in [0.05, 0.1) is 16.9 Å². The van der Waals surface area contributed by atoms with Gasteiger partial charge in [0.25, 0.3) is 0 Å². The third-order valence-electron chi connectivity index (χ3n) is 3.65. The van der Waals surface area contributed by atoms with Gasteiger partial charge in [-0.15, -0.1) is 0 Å². The van der Waals surface area contributed by atoms with Crippen molar-refractivity contribution in [2.75, 3.05) is 10.6 Å². The van der Waals surface area contributed by atoms with Crippen molar-refractivity contribution in [2.45, 2.75) is 6.18 Å². The summed E-state index contributed by atoms with van der Waals surface area (Å²) in [4.78, 5) is 12.2. The zero-order chi connectivity index (χ0) is 18.9. The van der Waals surface area contributed by atoms with Crippen LogP contribution in [-0.2, 0) is 6.18 Å². The molecule has 0 aliphatic rings. The van der Waals surface area contributed by atoms with Gasteiger partial charge in [0.2, 0.25) is 0 Å². The van der Waals surface area contributed by atoms with E-state index in [1.165, 1.54) is 18.2 Å². The lowest BCUT2D eigenvalue weighted by atomic mass is 10.1. The first-order valence-corrected chi connectivity index (χ1v) is 7.78. The summed E-state index contributed by atoms with van der Waals surface area (Å²) in [5.74, 6) is 0.00390. The molecule has 0 saturated heterocycles. The number of phenolic OH excluding ortho intramolecular Hbond substituents is 1. The first-order valence-electron chi connectivity index (χ1n) is 7.40. The molecule has 0 aliphatic heterocycles. The highest BCUT2D eigenvalue weighted by molar-refractivity contribution is 6.30. The number of hydrogen-bond donors (Lipinski definition) is 3. The molecule has 3 aromatic carbocycles. The maximum Gasteiger partial charge on any atom is 0.418 e. The monoisotopic (exact) mass is 380 g/mol. The number of rotatable bonds is 2. The number of benzene rings is 3. The van der Waals surface area contributed by atoms with Crippen molar-refractivity contribution in [2.24, 2.45) is 0 Å². The van der Waals surface area contributed by atoms with Gasteiger partial charge in [-0.3, -0.25) is 0 Å². The number of aromatic hydroxyl groups is 1. The maximum absolute atomic E-state index is 13.1. The van der Waals surface area contributed by atoms with Crippen LogP contribution in [0.15, 0.2) is 54.6 Å². The highest BCUT2D eigenvalue weighted by atomic mass is 35.5. The molecule has 0 aromatic heterocycles. The van der Waals surface area contributed by atoms with E-state index < -0.39 is 23.5 Å². The molecule has 0 bridgehead atoms. The molecule has 0 aliphatic carbocycles. The van der Waals surface area contributed by atoms with Crippen molar-refractivity contribution < 1.29 is 23.1 Å². The number of alkyl halides is 3. The summed E-state index contributed by atoms with van der Waals surface area (Å²) >= 11 is 5.62. The molecule has 2 amide bonds. The van der Waals surface area contributed by atoms with Crippen molar-refractivity contribution in [3.05, 3.63) is 65.2 Å². The lowest BCUT2D eigenvalue weighted by molar-refractivity contribution is -0.136. The summed E-state index contributed by atoms with van der Waals surface area (Å²) in [7, 11) is 0. The summed E-state index contributed by atoms with van der Waals surface area (Å²) in [6.07, 6.45) is -4.67. The van der Waals surface area contributed by atoms with E-state index in [-0.39, 0.29) is 10.8 Å². The predicted octanol–water partition coefficient (Wildman–Crippen LogP) is 5.86. The van der Waals surface area contributed by atoms with Gasteiger partial charge in [0.1, 0.15) is 5.75 Å². The first-order chi connectivity index (χ1) is 12.2. The van der Waals surface area contributed by atoms with Gasteiger partial charge in [0.15, 0.2) is 0 Å². The van der Waals surface area contributed by atoms with Crippen molar-refractivity contribution in [1.29, 1.82) is 0 Å². The van der Waals surface area contributed by atoms with Crippen molar-refractivity contribution in [3.8, 4) is 5.75 Å². The van der Waals surface area contributed by atoms with E-state index in [4.69, 9.17) is 11.6 Å². The molecule has 4 nitrogen and oxygen atoms in total.